The van der Waals surface area contributed by atoms with E-state index in [0.717, 1.165) is 12.5 Å². The van der Waals surface area contributed by atoms with Crippen LogP contribution in [0.2, 0.25) is 19.6 Å². The summed E-state index contributed by atoms with van der Waals surface area (Å²) >= 11 is 0. The molecule has 0 bridgehead atoms. The Morgan fingerprint density at radius 1 is 1.17 bits per heavy atom. The maximum atomic E-state index is 14.6. The first-order valence-electron chi connectivity index (χ1n) is 9.48. The zero-order valence-corrected chi connectivity index (χ0v) is 15.9. The molecule has 0 unspecified atom stereocenters. The van der Waals surface area contributed by atoms with Gasteiger partial charge in [0.15, 0.2) is 0 Å². The van der Waals surface area contributed by atoms with Gasteiger partial charge in [-0.05, 0) is 53.2 Å². The normalized spacial score (nSPS) is 15.0. The van der Waals surface area contributed by atoms with Gasteiger partial charge in [0.25, 0.3) is 0 Å². The van der Waals surface area contributed by atoms with Gasteiger partial charge in [0.1, 0.15) is 5.82 Å². The molecule has 124 valence electrons. The van der Waals surface area contributed by atoms with Crippen LogP contribution >= 0.6 is 0 Å². The Bertz CT molecular complexity index is 802. The zero-order chi connectivity index (χ0) is 19.9. The fourth-order valence-corrected chi connectivity index (χ4v) is 4.34. The van der Waals surface area contributed by atoms with Gasteiger partial charge in [-0.3, -0.25) is 4.98 Å². The molecule has 1 aromatic heterocycles. The largest absolute Gasteiger partial charge is 0.256 e. The van der Waals surface area contributed by atoms with Crippen molar-refractivity contribution < 1.29 is 8.50 Å². The molecule has 0 atom stereocenters. The van der Waals surface area contributed by atoms with Gasteiger partial charge in [-0.1, -0.05) is 46.5 Å². The van der Waals surface area contributed by atoms with Crippen LogP contribution in [0.25, 0.3) is 11.3 Å². The first kappa shape index (κ1) is 13.9. The van der Waals surface area contributed by atoms with Crippen molar-refractivity contribution in [3.05, 3.63) is 47.4 Å². The van der Waals surface area contributed by atoms with Gasteiger partial charge < -0.3 is 0 Å². The highest BCUT2D eigenvalue weighted by molar-refractivity contribution is 6.89. The average Bonchev–Trinajstić information content (AvgIpc) is 2.43. The number of pyridine rings is 1. The third-order valence-electron chi connectivity index (χ3n) is 3.76. The molecular weight excluding hydrogens is 301 g/mol. The SMILES string of the molecule is [2H]C([2H])([2H])c1ccc(-c2cc(CC(C)(C)C)c([Si](C)(C)C)cn2)c(F)c1. The summed E-state index contributed by atoms with van der Waals surface area (Å²) in [5, 5.41) is 1.29. The molecule has 0 spiro atoms. The van der Waals surface area contributed by atoms with Crippen molar-refractivity contribution in [1.82, 2.24) is 4.98 Å². The minimum atomic E-state index is -2.31. The Hall–Kier alpha value is -1.48. The Morgan fingerprint density at radius 3 is 2.39 bits per heavy atom. The number of hydrogen-bond acceptors (Lipinski definition) is 1. The predicted molar refractivity (Wildman–Crippen MR) is 101 cm³/mol. The summed E-state index contributed by atoms with van der Waals surface area (Å²) in [7, 11) is -1.58. The van der Waals surface area contributed by atoms with Gasteiger partial charge in [-0.2, -0.15) is 0 Å². The minimum absolute atomic E-state index is 0.00684. The molecule has 0 amide bonds. The fraction of sp³-hybridized carbons (Fsp3) is 0.450. The van der Waals surface area contributed by atoms with E-state index in [4.69, 9.17) is 4.11 Å². The van der Waals surface area contributed by atoms with Crippen LogP contribution in [0.1, 0.15) is 36.0 Å². The molecule has 1 nitrogen and oxygen atoms in total. The second-order valence-corrected chi connectivity index (χ2v) is 13.4. The molecular formula is C20H28FNSi. The molecule has 0 saturated heterocycles. The lowest BCUT2D eigenvalue weighted by Gasteiger charge is -2.26. The summed E-state index contributed by atoms with van der Waals surface area (Å²) in [6, 6.07) is 6.06. The lowest BCUT2D eigenvalue weighted by molar-refractivity contribution is 0.412. The van der Waals surface area contributed by atoms with Crippen LogP contribution in [-0.2, 0) is 6.42 Å². The number of rotatable bonds is 3. The Balaban J connectivity index is 2.56. The second kappa shape index (κ2) is 6.20. The van der Waals surface area contributed by atoms with Crippen molar-refractivity contribution in [3.8, 4) is 11.3 Å². The van der Waals surface area contributed by atoms with E-state index in [1.807, 2.05) is 12.3 Å². The van der Waals surface area contributed by atoms with E-state index >= 15 is 0 Å². The fourth-order valence-electron chi connectivity index (χ4n) is 2.76. The molecule has 3 heteroatoms. The van der Waals surface area contributed by atoms with E-state index in [2.05, 4.69) is 45.4 Å². The smallest absolute Gasteiger partial charge is 0.132 e. The lowest BCUT2D eigenvalue weighted by atomic mass is 9.88. The van der Waals surface area contributed by atoms with Crippen molar-refractivity contribution in [2.75, 3.05) is 0 Å². The maximum Gasteiger partial charge on any atom is 0.132 e. The zero-order valence-electron chi connectivity index (χ0n) is 17.9. The Labute approximate surface area is 145 Å². The monoisotopic (exact) mass is 332 g/mol. The first-order chi connectivity index (χ1) is 11.7. The van der Waals surface area contributed by atoms with Crippen molar-refractivity contribution in [3.63, 3.8) is 0 Å². The van der Waals surface area contributed by atoms with Crippen molar-refractivity contribution in [2.45, 2.75) is 53.7 Å². The molecule has 0 saturated carbocycles. The summed E-state index contributed by atoms with van der Waals surface area (Å²) in [4.78, 5) is 4.51. The predicted octanol–water partition coefficient (Wildman–Crippen LogP) is 5.33. The number of benzene rings is 1. The topological polar surface area (TPSA) is 12.9 Å². The summed E-state index contributed by atoms with van der Waals surface area (Å²) < 4.78 is 36.9. The summed E-state index contributed by atoms with van der Waals surface area (Å²) in [6.07, 6.45) is 2.77. The first-order valence-corrected chi connectivity index (χ1v) is 11.5. The van der Waals surface area contributed by atoms with E-state index < -0.39 is 20.7 Å². The third-order valence-corrected chi connectivity index (χ3v) is 5.83. The molecule has 0 aliphatic carbocycles. The van der Waals surface area contributed by atoms with Crippen molar-refractivity contribution in [2.24, 2.45) is 5.41 Å². The molecule has 2 aromatic rings. The van der Waals surface area contributed by atoms with E-state index in [1.165, 1.54) is 22.9 Å². The molecule has 0 N–H and O–H groups in total. The van der Waals surface area contributed by atoms with Gasteiger partial charge >= 0.3 is 0 Å². The van der Waals surface area contributed by atoms with Crippen molar-refractivity contribution >= 4 is 13.3 Å². The van der Waals surface area contributed by atoms with Gasteiger partial charge in [-0.25, -0.2) is 4.39 Å². The maximum absolute atomic E-state index is 14.6. The molecule has 1 aromatic carbocycles. The molecule has 0 radical (unpaired) electrons. The van der Waals surface area contributed by atoms with Gasteiger partial charge in [-0.15, -0.1) is 0 Å². The second-order valence-electron chi connectivity index (χ2n) is 8.41. The number of halogens is 1. The molecule has 0 fully saturated rings. The number of hydrogen-bond donors (Lipinski definition) is 0. The van der Waals surface area contributed by atoms with Gasteiger partial charge in [0.2, 0.25) is 0 Å². The Morgan fingerprint density at radius 2 is 1.87 bits per heavy atom. The lowest BCUT2D eigenvalue weighted by Crippen LogP contribution is -2.41. The Kier molecular flexibility index (Phi) is 3.75. The average molecular weight is 333 g/mol. The van der Waals surface area contributed by atoms with Crippen LogP contribution in [0, 0.1) is 18.1 Å². The van der Waals surface area contributed by atoms with E-state index in [-0.39, 0.29) is 11.0 Å². The van der Waals surface area contributed by atoms with Crippen LogP contribution in [0.15, 0.2) is 30.5 Å². The van der Waals surface area contributed by atoms with Crippen LogP contribution in [0.4, 0.5) is 4.39 Å². The minimum Gasteiger partial charge on any atom is -0.256 e. The summed E-state index contributed by atoms with van der Waals surface area (Å²) in [5.41, 5.74) is 2.22. The third kappa shape index (κ3) is 4.50. The standard InChI is InChI=1S/C20H28FNSi/c1-14-8-9-16(17(21)10-14)18-11-15(12-20(2,3)4)19(13-22-18)23(5,6)7/h8-11,13H,12H2,1-7H3/i1D3. The number of aryl methyl sites for hydroxylation is 1. The molecule has 23 heavy (non-hydrogen) atoms. The van der Waals surface area contributed by atoms with Crippen molar-refractivity contribution in [1.29, 1.82) is 0 Å². The van der Waals surface area contributed by atoms with Gasteiger partial charge in [0.05, 0.1) is 13.8 Å². The van der Waals surface area contributed by atoms with Crippen LogP contribution in [0.5, 0.6) is 0 Å². The van der Waals surface area contributed by atoms with Gasteiger partial charge in [0, 0.05) is 15.9 Å². The molecule has 1 heterocycles. The highest BCUT2D eigenvalue weighted by Gasteiger charge is 2.24. The van der Waals surface area contributed by atoms with E-state index in [0.29, 0.717) is 11.3 Å². The summed E-state index contributed by atoms with van der Waals surface area (Å²) in [5.74, 6) is -0.548. The van der Waals surface area contributed by atoms with Crippen LogP contribution in [0.3, 0.4) is 0 Å². The highest BCUT2D eigenvalue weighted by atomic mass is 28.3. The molecule has 0 aliphatic heterocycles. The van der Waals surface area contributed by atoms with E-state index in [1.54, 1.807) is 0 Å². The van der Waals surface area contributed by atoms with E-state index in [9.17, 15) is 4.39 Å². The summed E-state index contributed by atoms with van der Waals surface area (Å²) in [6.45, 7) is 11.1. The van der Waals surface area contributed by atoms with Crippen LogP contribution in [-0.4, -0.2) is 13.1 Å². The molecule has 2 rings (SSSR count). The number of aromatic nitrogens is 1. The number of nitrogens with zero attached hydrogens (tertiary/aromatic N) is 1. The highest BCUT2D eigenvalue weighted by Crippen LogP contribution is 2.26. The quantitative estimate of drug-likeness (QED) is 0.692. The molecule has 0 aliphatic rings. The van der Waals surface area contributed by atoms with Crippen LogP contribution < -0.4 is 5.19 Å².